The predicted molar refractivity (Wildman–Crippen MR) is 90.3 cm³/mol. The predicted octanol–water partition coefficient (Wildman–Crippen LogP) is 4.06. The summed E-state index contributed by atoms with van der Waals surface area (Å²) in [5.41, 5.74) is 6.82. The molecule has 0 bridgehead atoms. The minimum Gasteiger partial charge on any atom is -0.399 e. The van der Waals surface area contributed by atoms with E-state index in [-0.39, 0.29) is 10.7 Å². The third-order valence-electron chi connectivity index (χ3n) is 4.41. The van der Waals surface area contributed by atoms with Crippen molar-refractivity contribution >= 4 is 17.3 Å². The van der Waals surface area contributed by atoms with Crippen LogP contribution in [0.2, 0.25) is 5.02 Å². The molecule has 2 N–H and O–H groups in total. The summed E-state index contributed by atoms with van der Waals surface area (Å²) < 4.78 is 19.8. The number of anilines is 1. The summed E-state index contributed by atoms with van der Waals surface area (Å²) in [5.74, 6) is 0.252. The Hall–Kier alpha value is -2.91. The van der Waals surface area contributed by atoms with Gasteiger partial charge in [-0.1, -0.05) is 16.8 Å². The molecule has 1 aliphatic rings. The quantitative estimate of drug-likeness (QED) is 0.716. The van der Waals surface area contributed by atoms with Crippen molar-refractivity contribution in [2.24, 2.45) is 0 Å². The van der Waals surface area contributed by atoms with E-state index < -0.39 is 11.2 Å². The summed E-state index contributed by atoms with van der Waals surface area (Å²) in [6, 6.07) is 11.6. The second-order valence-corrected chi connectivity index (χ2v) is 6.46. The van der Waals surface area contributed by atoms with Crippen molar-refractivity contribution in [1.29, 1.82) is 5.26 Å². The molecular formula is C18H12ClFN4O. The van der Waals surface area contributed by atoms with Gasteiger partial charge in [0.15, 0.2) is 5.82 Å². The van der Waals surface area contributed by atoms with E-state index in [9.17, 15) is 4.39 Å². The van der Waals surface area contributed by atoms with Crippen LogP contribution in [0.25, 0.3) is 11.5 Å². The van der Waals surface area contributed by atoms with Crippen LogP contribution < -0.4 is 5.73 Å². The molecule has 124 valence electrons. The van der Waals surface area contributed by atoms with Crippen LogP contribution in [0.15, 0.2) is 40.9 Å². The lowest BCUT2D eigenvalue weighted by atomic mass is 9.94. The summed E-state index contributed by atoms with van der Waals surface area (Å²) >= 11 is 6.23. The summed E-state index contributed by atoms with van der Waals surface area (Å²) in [7, 11) is 0. The van der Waals surface area contributed by atoms with Gasteiger partial charge < -0.3 is 10.3 Å². The third kappa shape index (κ3) is 2.53. The maximum absolute atomic E-state index is 14.5. The van der Waals surface area contributed by atoms with E-state index in [1.807, 2.05) is 0 Å². The van der Waals surface area contributed by atoms with Crippen molar-refractivity contribution in [3.63, 3.8) is 0 Å². The van der Waals surface area contributed by atoms with Crippen LogP contribution in [0.3, 0.4) is 0 Å². The number of rotatable bonds is 3. The Morgan fingerprint density at radius 2 is 1.96 bits per heavy atom. The number of benzene rings is 2. The average Bonchev–Trinajstić information content (AvgIpc) is 3.21. The Morgan fingerprint density at radius 3 is 2.56 bits per heavy atom. The first kappa shape index (κ1) is 15.6. The van der Waals surface area contributed by atoms with E-state index in [1.165, 1.54) is 12.1 Å². The van der Waals surface area contributed by atoms with Gasteiger partial charge in [0.25, 0.3) is 5.89 Å². The Morgan fingerprint density at radius 1 is 1.24 bits per heavy atom. The number of nitrogens with two attached hydrogens (primary N) is 1. The molecule has 0 radical (unpaired) electrons. The number of hydrogen-bond acceptors (Lipinski definition) is 5. The Kier molecular flexibility index (Phi) is 3.48. The van der Waals surface area contributed by atoms with Crippen molar-refractivity contribution in [3.8, 4) is 17.5 Å². The zero-order valence-electron chi connectivity index (χ0n) is 13.0. The highest BCUT2D eigenvalue weighted by Crippen LogP contribution is 2.55. The molecule has 0 aliphatic heterocycles. The number of nitriles is 1. The van der Waals surface area contributed by atoms with Gasteiger partial charge in [-0.2, -0.15) is 10.2 Å². The highest BCUT2D eigenvalue weighted by Gasteiger charge is 2.52. The third-order valence-corrected chi connectivity index (χ3v) is 4.71. The zero-order valence-corrected chi connectivity index (χ0v) is 13.7. The molecule has 1 aliphatic carbocycles. The summed E-state index contributed by atoms with van der Waals surface area (Å²) in [6.07, 6.45) is 1.36. The van der Waals surface area contributed by atoms with Crippen LogP contribution in [-0.2, 0) is 5.41 Å². The first-order valence-electron chi connectivity index (χ1n) is 7.63. The van der Waals surface area contributed by atoms with E-state index in [0.717, 1.165) is 0 Å². The summed E-state index contributed by atoms with van der Waals surface area (Å²) in [4.78, 5) is 4.43. The fraction of sp³-hybridized carbons (Fsp3) is 0.167. The molecule has 0 atom stereocenters. The average molecular weight is 355 g/mol. The number of nitrogens with zero attached hydrogens (tertiary/aromatic N) is 3. The normalized spacial score (nSPS) is 14.9. The van der Waals surface area contributed by atoms with Crippen LogP contribution in [0, 0.1) is 17.1 Å². The Bertz CT molecular complexity index is 980. The lowest BCUT2D eigenvalue weighted by Gasteiger charge is -2.14. The lowest BCUT2D eigenvalue weighted by molar-refractivity contribution is 0.416. The summed E-state index contributed by atoms with van der Waals surface area (Å²) in [6.45, 7) is 0. The van der Waals surface area contributed by atoms with Crippen molar-refractivity contribution in [2.75, 3.05) is 5.73 Å². The van der Waals surface area contributed by atoms with Gasteiger partial charge in [-0.3, -0.25) is 0 Å². The van der Waals surface area contributed by atoms with Gasteiger partial charge in [-0.15, -0.1) is 0 Å². The zero-order chi connectivity index (χ0) is 17.6. The van der Waals surface area contributed by atoms with E-state index in [1.54, 1.807) is 24.3 Å². The topological polar surface area (TPSA) is 88.7 Å². The first-order chi connectivity index (χ1) is 12.0. The van der Waals surface area contributed by atoms with Gasteiger partial charge in [0, 0.05) is 21.8 Å². The van der Waals surface area contributed by atoms with Gasteiger partial charge in [0.2, 0.25) is 0 Å². The minimum absolute atomic E-state index is 0.264. The molecule has 2 aromatic carbocycles. The van der Waals surface area contributed by atoms with Crippen molar-refractivity contribution < 1.29 is 8.91 Å². The molecule has 7 heteroatoms. The van der Waals surface area contributed by atoms with Crippen LogP contribution in [0.5, 0.6) is 0 Å². The molecule has 0 amide bonds. The molecule has 25 heavy (non-hydrogen) atoms. The molecule has 5 nitrogen and oxygen atoms in total. The van der Waals surface area contributed by atoms with Crippen molar-refractivity contribution in [2.45, 2.75) is 18.3 Å². The molecule has 1 heterocycles. The fourth-order valence-corrected chi connectivity index (χ4v) is 3.38. The molecule has 4 rings (SSSR count). The highest BCUT2D eigenvalue weighted by atomic mass is 35.5. The van der Waals surface area contributed by atoms with E-state index in [2.05, 4.69) is 16.2 Å². The maximum atomic E-state index is 14.5. The monoisotopic (exact) mass is 354 g/mol. The Balaban J connectivity index is 1.74. The van der Waals surface area contributed by atoms with E-state index in [4.69, 9.17) is 27.1 Å². The van der Waals surface area contributed by atoms with E-state index >= 15 is 0 Å². The highest BCUT2D eigenvalue weighted by molar-refractivity contribution is 6.31. The molecule has 0 saturated heterocycles. The molecule has 1 fully saturated rings. The molecule has 0 spiro atoms. The summed E-state index contributed by atoms with van der Waals surface area (Å²) in [5, 5.41) is 13.2. The second-order valence-electron chi connectivity index (χ2n) is 6.05. The van der Waals surface area contributed by atoms with E-state index in [0.29, 0.717) is 41.2 Å². The molecule has 3 aromatic rings. The first-order valence-corrected chi connectivity index (χ1v) is 8.01. The van der Waals surface area contributed by atoms with Gasteiger partial charge in [-0.25, -0.2) is 4.39 Å². The fourth-order valence-electron chi connectivity index (χ4n) is 2.98. The number of nitrogen functional groups attached to an aromatic ring is 1. The molecule has 0 unspecified atom stereocenters. The minimum atomic E-state index is -0.677. The molecular weight excluding hydrogens is 343 g/mol. The number of aromatic nitrogens is 2. The van der Waals surface area contributed by atoms with Crippen LogP contribution in [0.4, 0.5) is 10.1 Å². The maximum Gasteiger partial charge on any atom is 0.257 e. The second kappa shape index (κ2) is 5.57. The van der Waals surface area contributed by atoms with Gasteiger partial charge in [0.1, 0.15) is 5.82 Å². The van der Waals surface area contributed by atoms with Gasteiger partial charge >= 0.3 is 0 Å². The molecule has 1 aromatic heterocycles. The number of hydrogen-bond donors (Lipinski definition) is 1. The smallest absolute Gasteiger partial charge is 0.257 e. The van der Waals surface area contributed by atoms with Crippen molar-refractivity contribution in [1.82, 2.24) is 10.1 Å². The van der Waals surface area contributed by atoms with Crippen molar-refractivity contribution in [3.05, 3.63) is 64.2 Å². The van der Waals surface area contributed by atoms with Crippen LogP contribution in [-0.4, -0.2) is 10.1 Å². The van der Waals surface area contributed by atoms with Crippen LogP contribution >= 0.6 is 11.6 Å². The molecule has 1 saturated carbocycles. The number of halogens is 2. The lowest BCUT2D eigenvalue weighted by Crippen LogP contribution is -2.14. The Labute approximate surface area is 147 Å². The SMILES string of the molecule is N#Cc1ccc(-c2nc(C3(c4c(F)cc(N)cc4Cl)CC3)no2)cc1. The van der Waals surface area contributed by atoms with Crippen LogP contribution in [0.1, 0.15) is 29.8 Å². The standard InChI is InChI=1S/C18H12ClFN4O/c19-13-7-12(22)8-14(20)15(13)18(5-6-18)17-23-16(25-24-17)11-3-1-10(9-21)2-4-11/h1-4,7-8H,5-6,22H2. The largest absolute Gasteiger partial charge is 0.399 e. The van der Waals surface area contributed by atoms with Gasteiger partial charge in [0.05, 0.1) is 17.0 Å². The van der Waals surface area contributed by atoms with Gasteiger partial charge in [-0.05, 0) is 49.2 Å².